The third-order valence-corrected chi connectivity index (χ3v) is 3.81. The molecule has 0 bridgehead atoms. The Labute approximate surface area is 137 Å². The summed E-state index contributed by atoms with van der Waals surface area (Å²) >= 11 is 5.91. The lowest BCUT2D eigenvalue weighted by molar-refractivity contribution is -0.120. The van der Waals surface area contributed by atoms with Gasteiger partial charge in [0.2, 0.25) is 5.91 Å². The van der Waals surface area contributed by atoms with Crippen LogP contribution in [-0.4, -0.2) is 27.0 Å². The maximum absolute atomic E-state index is 13.6. The number of hydrogen-bond donors (Lipinski definition) is 1. The van der Waals surface area contributed by atoms with Gasteiger partial charge in [0.1, 0.15) is 11.6 Å². The molecule has 2 heterocycles. The van der Waals surface area contributed by atoms with Crippen LogP contribution < -0.4 is 5.32 Å². The number of carbonyl (C=O) groups is 1. The van der Waals surface area contributed by atoms with Gasteiger partial charge in [-0.15, -0.1) is 10.2 Å². The third-order valence-electron chi connectivity index (χ3n) is 3.45. The smallest absolute Gasteiger partial charge is 0.224 e. The molecule has 1 aromatic carbocycles. The normalized spacial score (nSPS) is 10.9. The summed E-state index contributed by atoms with van der Waals surface area (Å²) in [6, 6.07) is 9.99. The van der Waals surface area contributed by atoms with Crippen LogP contribution in [0.3, 0.4) is 0 Å². The second-order valence-electron chi connectivity index (χ2n) is 5.02. The minimum atomic E-state index is -0.476. The van der Waals surface area contributed by atoms with Crippen molar-refractivity contribution in [2.24, 2.45) is 0 Å². The topological polar surface area (TPSA) is 59.3 Å². The van der Waals surface area contributed by atoms with Gasteiger partial charge in [-0.05, 0) is 24.3 Å². The Morgan fingerprint density at radius 1 is 1.22 bits per heavy atom. The second kappa shape index (κ2) is 6.75. The summed E-state index contributed by atoms with van der Waals surface area (Å²) in [7, 11) is 0. The molecule has 0 saturated carbocycles. The van der Waals surface area contributed by atoms with Gasteiger partial charge < -0.3 is 5.32 Å². The molecule has 118 valence electrons. The maximum atomic E-state index is 13.6. The molecule has 2 aromatic heterocycles. The summed E-state index contributed by atoms with van der Waals surface area (Å²) in [4.78, 5) is 11.9. The van der Waals surface area contributed by atoms with E-state index in [4.69, 9.17) is 11.6 Å². The summed E-state index contributed by atoms with van der Waals surface area (Å²) in [5.74, 6) is -0.00764. The van der Waals surface area contributed by atoms with Crippen molar-refractivity contribution in [3.05, 3.63) is 64.8 Å². The molecule has 0 aliphatic carbocycles. The number of halogens is 2. The average Bonchev–Trinajstić information content (AvgIpc) is 2.95. The van der Waals surface area contributed by atoms with Crippen LogP contribution in [-0.2, 0) is 17.6 Å². The number of nitrogens with zero attached hydrogens (tertiary/aromatic N) is 3. The van der Waals surface area contributed by atoms with Crippen LogP contribution in [0.1, 0.15) is 11.4 Å². The molecule has 0 aliphatic heterocycles. The van der Waals surface area contributed by atoms with Crippen molar-refractivity contribution in [3.63, 3.8) is 0 Å². The first-order chi connectivity index (χ1) is 11.1. The number of amides is 1. The van der Waals surface area contributed by atoms with Crippen molar-refractivity contribution in [3.8, 4) is 0 Å². The molecular weight excluding hydrogens is 319 g/mol. The standard InChI is InChI=1S/C16H14ClFN4O/c17-12-4-3-5-13(18)11(12)10-16(23)19-8-7-15-21-20-14-6-1-2-9-22(14)15/h1-6,9H,7-8,10H2,(H,19,23). The molecule has 1 N–H and O–H groups in total. The zero-order valence-corrected chi connectivity index (χ0v) is 12.9. The molecule has 7 heteroatoms. The Bertz CT molecular complexity index is 829. The molecule has 3 rings (SSSR count). The number of aromatic nitrogens is 3. The van der Waals surface area contributed by atoms with Crippen LogP contribution in [0.5, 0.6) is 0 Å². The molecule has 23 heavy (non-hydrogen) atoms. The van der Waals surface area contributed by atoms with Crippen LogP contribution in [0.2, 0.25) is 5.02 Å². The van der Waals surface area contributed by atoms with Crippen LogP contribution >= 0.6 is 11.6 Å². The van der Waals surface area contributed by atoms with Gasteiger partial charge in [0.25, 0.3) is 0 Å². The lowest BCUT2D eigenvalue weighted by Gasteiger charge is -2.07. The Morgan fingerprint density at radius 2 is 2.09 bits per heavy atom. The fourth-order valence-corrected chi connectivity index (χ4v) is 2.53. The van der Waals surface area contributed by atoms with Gasteiger partial charge in [-0.25, -0.2) is 4.39 Å². The van der Waals surface area contributed by atoms with Gasteiger partial charge in [-0.1, -0.05) is 23.7 Å². The summed E-state index contributed by atoms with van der Waals surface area (Å²) in [6.07, 6.45) is 2.31. The zero-order valence-electron chi connectivity index (χ0n) is 12.2. The lowest BCUT2D eigenvalue weighted by Crippen LogP contribution is -2.28. The number of fused-ring (bicyclic) bond motifs is 1. The third kappa shape index (κ3) is 3.48. The van der Waals surface area contributed by atoms with E-state index in [9.17, 15) is 9.18 Å². The summed E-state index contributed by atoms with van der Waals surface area (Å²) in [5, 5.41) is 11.1. The van der Waals surface area contributed by atoms with Crippen molar-refractivity contribution in [2.75, 3.05) is 6.54 Å². The highest BCUT2D eigenvalue weighted by atomic mass is 35.5. The van der Waals surface area contributed by atoms with Gasteiger partial charge in [-0.2, -0.15) is 0 Å². The van der Waals surface area contributed by atoms with Crippen molar-refractivity contribution in [2.45, 2.75) is 12.8 Å². The van der Waals surface area contributed by atoms with Gasteiger partial charge >= 0.3 is 0 Å². The Kier molecular flexibility index (Phi) is 4.52. The molecule has 1 amide bonds. The molecule has 0 radical (unpaired) electrons. The predicted molar refractivity (Wildman–Crippen MR) is 84.8 cm³/mol. The first kappa shape index (κ1) is 15.4. The SMILES string of the molecule is O=C(Cc1c(F)cccc1Cl)NCCc1nnc2ccccn12. The van der Waals surface area contributed by atoms with Gasteiger partial charge in [0.05, 0.1) is 6.42 Å². The van der Waals surface area contributed by atoms with E-state index >= 15 is 0 Å². The minimum Gasteiger partial charge on any atom is -0.355 e. The number of pyridine rings is 1. The van der Waals surface area contributed by atoms with Crippen LogP contribution in [0.4, 0.5) is 4.39 Å². The number of benzene rings is 1. The quantitative estimate of drug-likeness (QED) is 0.780. The fraction of sp³-hybridized carbons (Fsp3) is 0.188. The van der Waals surface area contributed by atoms with E-state index in [1.165, 1.54) is 12.1 Å². The minimum absolute atomic E-state index is 0.0912. The monoisotopic (exact) mass is 332 g/mol. The van der Waals surface area contributed by atoms with Crippen molar-refractivity contribution >= 4 is 23.2 Å². The summed E-state index contributed by atoms with van der Waals surface area (Å²) in [6.45, 7) is 0.389. The summed E-state index contributed by atoms with van der Waals surface area (Å²) in [5.41, 5.74) is 0.964. The van der Waals surface area contributed by atoms with E-state index < -0.39 is 5.82 Å². The van der Waals surface area contributed by atoms with Crippen molar-refractivity contribution in [1.29, 1.82) is 0 Å². The van der Waals surface area contributed by atoms with Gasteiger partial charge in [0, 0.05) is 29.7 Å². The highest BCUT2D eigenvalue weighted by molar-refractivity contribution is 6.31. The molecule has 0 spiro atoms. The molecular formula is C16H14ClFN4O. The molecule has 3 aromatic rings. The van der Waals surface area contributed by atoms with Crippen molar-refractivity contribution in [1.82, 2.24) is 19.9 Å². The van der Waals surface area contributed by atoms with Gasteiger partial charge in [-0.3, -0.25) is 9.20 Å². The maximum Gasteiger partial charge on any atom is 0.224 e. The van der Waals surface area contributed by atoms with E-state index in [1.54, 1.807) is 6.07 Å². The number of carbonyl (C=O) groups excluding carboxylic acids is 1. The largest absolute Gasteiger partial charge is 0.355 e. The van der Waals surface area contributed by atoms with E-state index in [0.29, 0.717) is 13.0 Å². The highest BCUT2D eigenvalue weighted by Gasteiger charge is 2.12. The average molecular weight is 333 g/mol. The second-order valence-corrected chi connectivity index (χ2v) is 5.43. The Hall–Kier alpha value is -2.47. The number of rotatable bonds is 5. The van der Waals surface area contributed by atoms with E-state index in [1.807, 2.05) is 28.8 Å². The van der Waals surface area contributed by atoms with Crippen molar-refractivity contribution < 1.29 is 9.18 Å². The van der Waals surface area contributed by atoms with Crippen LogP contribution in [0.25, 0.3) is 5.65 Å². The molecule has 0 fully saturated rings. The predicted octanol–water partition coefficient (Wildman–Crippen LogP) is 2.42. The number of hydrogen-bond acceptors (Lipinski definition) is 3. The fourth-order valence-electron chi connectivity index (χ4n) is 2.30. The van der Waals surface area contributed by atoms with Gasteiger partial charge in [0.15, 0.2) is 5.65 Å². The number of nitrogens with one attached hydrogen (secondary N) is 1. The first-order valence-corrected chi connectivity index (χ1v) is 7.51. The lowest BCUT2D eigenvalue weighted by atomic mass is 10.1. The molecule has 0 aliphatic rings. The highest BCUT2D eigenvalue weighted by Crippen LogP contribution is 2.19. The zero-order chi connectivity index (χ0) is 16.2. The molecule has 5 nitrogen and oxygen atoms in total. The van der Waals surface area contributed by atoms with E-state index in [0.717, 1.165) is 11.5 Å². The Morgan fingerprint density at radius 3 is 2.91 bits per heavy atom. The molecule has 0 saturated heterocycles. The van der Waals surface area contributed by atoms with E-state index in [-0.39, 0.29) is 22.9 Å². The first-order valence-electron chi connectivity index (χ1n) is 7.13. The van der Waals surface area contributed by atoms with E-state index in [2.05, 4.69) is 15.5 Å². The Balaban J connectivity index is 1.57. The van der Waals surface area contributed by atoms with Crippen LogP contribution in [0.15, 0.2) is 42.6 Å². The molecule has 0 unspecified atom stereocenters. The summed E-state index contributed by atoms with van der Waals surface area (Å²) < 4.78 is 15.5. The molecule has 0 atom stereocenters. The van der Waals surface area contributed by atoms with Crippen LogP contribution in [0, 0.1) is 5.82 Å².